The maximum atomic E-state index is 10.7. The second-order valence-corrected chi connectivity index (χ2v) is 22.5. The van der Waals surface area contributed by atoms with Crippen LogP contribution >= 0.6 is 0 Å². The zero-order chi connectivity index (χ0) is 24.5. The van der Waals surface area contributed by atoms with Crippen LogP contribution in [-0.4, -0.2) is 76.7 Å². The molecule has 2 aliphatic heterocycles. The van der Waals surface area contributed by atoms with E-state index in [4.69, 9.17) is 18.3 Å². The number of aliphatic hydroxyl groups is 2. The van der Waals surface area contributed by atoms with Crippen molar-refractivity contribution in [2.45, 2.75) is 140 Å². The van der Waals surface area contributed by atoms with Crippen LogP contribution in [0.15, 0.2) is 0 Å². The molecule has 190 valence electrons. The van der Waals surface area contributed by atoms with Gasteiger partial charge in [0.2, 0.25) is 0 Å². The predicted octanol–water partition coefficient (Wildman–Crippen LogP) is 4.85. The number of hydrogen-bond donors (Lipinski definition) is 2. The first-order chi connectivity index (χ1) is 14.4. The van der Waals surface area contributed by atoms with Crippen molar-refractivity contribution in [2.24, 2.45) is 0 Å². The van der Waals surface area contributed by atoms with Gasteiger partial charge in [-0.2, -0.15) is 0 Å². The molecule has 0 radical (unpaired) electrons. The second-order valence-electron chi connectivity index (χ2n) is 12.9. The molecule has 0 saturated carbocycles. The zero-order valence-electron chi connectivity index (χ0n) is 22.2. The lowest BCUT2D eigenvalue weighted by atomic mass is 10.0. The molecule has 2 unspecified atom stereocenters. The lowest BCUT2D eigenvalue weighted by Gasteiger charge is -2.37. The van der Waals surface area contributed by atoms with Crippen molar-refractivity contribution in [3.63, 3.8) is 0 Å². The van der Waals surface area contributed by atoms with E-state index in [2.05, 4.69) is 67.7 Å². The maximum Gasteiger partial charge on any atom is 0.192 e. The molecule has 2 aliphatic rings. The zero-order valence-corrected chi connectivity index (χ0v) is 24.2. The van der Waals surface area contributed by atoms with Crippen LogP contribution in [-0.2, 0) is 18.3 Å². The van der Waals surface area contributed by atoms with E-state index in [1.54, 1.807) is 0 Å². The summed E-state index contributed by atoms with van der Waals surface area (Å²) in [6.45, 7) is 22.7. The summed E-state index contributed by atoms with van der Waals surface area (Å²) in [4.78, 5) is 0. The summed E-state index contributed by atoms with van der Waals surface area (Å²) in [6, 6.07) is 0. The Morgan fingerprint density at radius 3 is 1.28 bits per heavy atom. The van der Waals surface area contributed by atoms with Crippen molar-refractivity contribution in [3.8, 4) is 0 Å². The molecule has 0 spiro atoms. The van der Waals surface area contributed by atoms with Gasteiger partial charge in [0.1, 0.15) is 12.2 Å². The van der Waals surface area contributed by atoms with Crippen molar-refractivity contribution in [1.29, 1.82) is 0 Å². The molecule has 0 aliphatic carbocycles. The Kier molecular flexibility index (Phi) is 9.27. The third-order valence-electron chi connectivity index (χ3n) is 8.29. The normalized spacial score (nSPS) is 30.0. The van der Waals surface area contributed by atoms with Crippen LogP contribution in [0.1, 0.15) is 67.2 Å². The Morgan fingerprint density at radius 2 is 1.00 bits per heavy atom. The molecule has 32 heavy (non-hydrogen) atoms. The number of rotatable bonds is 9. The fraction of sp³-hybridized carbons (Fsp3) is 1.00. The third kappa shape index (κ3) is 7.10. The lowest BCUT2D eigenvalue weighted by molar-refractivity contribution is -0.116. The third-order valence-corrected chi connectivity index (χ3v) is 17.3. The summed E-state index contributed by atoms with van der Waals surface area (Å²) in [7, 11) is -3.79. The Balaban J connectivity index is 1.78. The predicted molar refractivity (Wildman–Crippen MR) is 134 cm³/mol. The van der Waals surface area contributed by atoms with Crippen LogP contribution in [0.3, 0.4) is 0 Å². The molecule has 0 aromatic rings. The molecule has 2 fully saturated rings. The summed E-state index contributed by atoms with van der Waals surface area (Å²) in [5.41, 5.74) is 0. The second kappa shape index (κ2) is 10.4. The molecule has 0 aromatic heterocycles. The SMILES string of the molecule is CC(C)(C)[Si](C)(C)OCC(O)[C@H]1CC[C@H]([C@H]2CC[C@H](C(O)CO[Si](C)(C)C(C)(C)C)O2)O1. The standard InChI is InChI=1S/C24H50O6Si2/c1-23(2,3)31(7,8)27-15-17(25)19-11-13-21(29-19)22-14-12-20(30-22)18(26)16-28-32(9,10)24(4,5)6/h17-22,25-26H,11-16H2,1-10H3/t17?,18?,19-,20-,21-,22-/m1/s1. The summed E-state index contributed by atoms with van der Waals surface area (Å²) in [5.74, 6) is 0. The van der Waals surface area contributed by atoms with E-state index in [0.717, 1.165) is 25.7 Å². The van der Waals surface area contributed by atoms with Crippen LogP contribution in [0, 0.1) is 0 Å². The van der Waals surface area contributed by atoms with Gasteiger partial charge in [0.15, 0.2) is 16.6 Å². The molecule has 2 saturated heterocycles. The van der Waals surface area contributed by atoms with Gasteiger partial charge in [0.05, 0.1) is 37.6 Å². The molecule has 0 bridgehead atoms. The molecule has 2 N–H and O–H groups in total. The minimum absolute atomic E-state index is 0.0268. The van der Waals surface area contributed by atoms with Gasteiger partial charge in [0.25, 0.3) is 0 Å². The molecule has 2 rings (SSSR count). The highest BCUT2D eigenvalue weighted by Gasteiger charge is 2.43. The maximum absolute atomic E-state index is 10.7. The molecule has 8 heteroatoms. The van der Waals surface area contributed by atoms with Crippen molar-refractivity contribution in [1.82, 2.24) is 0 Å². The van der Waals surface area contributed by atoms with E-state index in [0.29, 0.717) is 13.2 Å². The van der Waals surface area contributed by atoms with Crippen molar-refractivity contribution in [3.05, 3.63) is 0 Å². The van der Waals surface area contributed by atoms with Crippen molar-refractivity contribution >= 4 is 16.6 Å². The summed E-state index contributed by atoms with van der Waals surface area (Å²) in [6.07, 6.45) is 1.67. The average Bonchev–Trinajstić information content (AvgIpc) is 3.31. The molecule has 0 amide bonds. The van der Waals surface area contributed by atoms with Crippen LogP contribution in [0.25, 0.3) is 0 Å². The average molecular weight is 491 g/mol. The molecule has 0 aromatic carbocycles. The Labute approximate surface area is 198 Å². The quantitative estimate of drug-likeness (QED) is 0.450. The highest BCUT2D eigenvalue weighted by molar-refractivity contribution is 6.74. The Morgan fingerprint density at radius 1 is 0.688 bits per heavy atom. The smallest absolute Gasteiger partial charge is 0.192 e. The summed E-state index contributed by atoms with van der Waals surface area (Å²) in [5, 5.41) is 21.6. The van der Waals surface area contributed by atoms with E-state index in [9.17, 15) is 10.2 Å². The fourth-order valence-electron chi connectivity index (χ4n) is 3.73. The van der Waals surface area contributed by atoms with E-state index >= 15 is 0 Å². The monoisotopic (exact) mass is 490 g/mol. The van der Waals surface area contributed by atoms with Gasteiger partial charge in [-0.1, -0.05) is 41.5 Å². The fourth-order valence-corrected chi connectivity index (χ4v) is 5.77. The van der Waals surface area contributed by atoms with E-state index in [1.807, 2.05) is 0 Å². The molecule has 6 atom stereocenters. The molecular formula is C24H50O6Si2. The highest BCUT2D eigenvalue weighted by atomic mass is 28.4. The van der Waals surface area contributed by atoms with E-state index in [1.165, 1.54) is 0 Å². The van der Waals surface area contributed by atoms with Crippen LogP contribution in [0.5, 0.6) is 0 Å². The molecular weight excluding hydrogens is 440 g/mol. The molecule has 6 nitrogen and oxygen atoms in total. The van der Waals surface area contributed by atoms with Gasteiger partial charge in [0, 0.05) is 0 Å². The van der Waals surface area contributed by atoms with Gasteiger partial charge in [-0.15, -0.1) is 0 Å². The lowest BCUT2D eigenvalue weighted by Crippen LogP contribution is -2.45. The Hall–Kier alpha value is 0.194. The number of aliphatic hydroxyl groups excluding tert-OH is 2. The number of ether oxygens (including phenoxy) is 2. The van der Waals surface area contributed by atoms with E-state index < -0.39 is 28.8 Å². The molecule has 2 heterocycles. The first-order valence-corrected chi connectivity index (χ1v) is 18.2. The minimum Gasteiger partial charge on any atom is -0.414 e. The first-order valence-electron chi connectivity index (χ1n) is 12.4. The largest absolute Gasteiger partial charge is 0.414 e. The summed E-state index contributed by atoms with van der Waals surface area (Å²) < 4.78 is 24.8. The number of hydrogen-bond acceptors (Lipinski definition) is 6. The minimum atomic E-state index is -1.89. The summed E-state index contributed by atoms with van der Waals surface area (Å²) >= 11 is 0. The Bertz CT molecular complexity index is 546. The van der Waals surface area contributed by atoms with Crippen LogP contribution in [0.2, 0.25) is 36.3 Å². The van der Waals surface area contributed by atoms with E-state index in [-0.39, 0.29) is 34.5 Å². The highest BCUT2D eigenvalue weighted by Crippen LogP contribution is 2.39. The topological polar surface area (TPSA) is 77.4 Å². The van der Waals surface area contributed by atoms with Crippen LogP contribution in [0.4, 0.5) is 0 Å². The van der Waals surface area contributed by atoms with Crippen molar-refractivity contribution in [2.75, 3.05) is 13.2 Å². The first kappa shape index (κ1) is 28.4. The van der Waals surface area contributed by atoms with Gasteiger partial charge < -0.3 is 28.5 Å². The van der Waals surface area contributed by atoms with Gasteiger partial charge in [-0.25, -0.2) is 0 Å². The van der Waals surface area contributed by atoms with Crippen LogP contribution < -0.4 is 0 Å². The van der Waals surface area contributed by atoms with Gasteiger partial charge in [-0.3, -0.25) is 0 Å². The van der Waals surface area contributed by atoms with Gasteiger partial charge in [-0.05, 0) is 61.9 Å². The van der Waals surface area contributed by atoms with Crippen molar-refractivity contribution < 1.29 is 28.5 Å². The van der Waals surface area contributed by atoms with Gasteiger partial charge >= 0.3 is 0 Å².